The normalized spacial score (nSPS) is 11.2. The number of ether oxygens (including phenoxy) is 1. The molecule has 0 spiro atoms. The number of nitrogens with zero attached hydrogens (tertiary/aromatic N) is 2. The minimum atomic E-state index is -1.54. The zero-order valence-corrected chi connectivity index (χ0v) is 31.6. The Morgan fingerprint density at radius 2 is 1.49 bits per heavy atom. The maximum absolute atomic E-state index is 11.8. The molecule has 0 aliphatic carbocycles. The third-order valence-corrected chi connectivity index (χ3v) is 6.62. The molecule has 0 fully saturated rings. The van der Waals surface area contributed by atoms with Crippen LogP contribution < -0.4 is 123 Å². The Bertz CT molecular complexity index is 1000. The Hall–Kier alpha value is 0.0327. The second kappa shape index (κ2) is 26.4. The molecule has 12 heteroatoms. The fourth-order valence-corrected chi connectivity index (χ4v) is 4.53. The molecular weight excluding hydrogens is 599 g/mol. The molecule has 0 N–H and O–H groups in total. The third-order valence-electron chi connectivity index (χ3n) is 6.01. The van der Waals surface area contributed by atoms with Crippen molar-refractivity contribution < 1.29 is 137 Å². The molecule has 1 unspecified atom stereocenters. The van der Waals surface area contributed by atoms with Crippen LogP contribution in [-0.4, -0.2) is 30.1 Å². The van der Waals surface area contributed by atoms with Gasteiger partial charge in [0.05, 0.1) is 12.0 Å². The molecule has 9 nitrogen and oxygen atoms in total. The van der Waals surface area contributed by atoms with Gasteiger partial charge in [-0.05, 0) is 35.8 Å². The Balaban J connectivity index is 0.00000800. The third kappa shape index (κ3) is 18.4. The Labute approximate surface area is 333 Å². The molecule has 214 valence electrons. The summed E-state index contributed by atoms with van der Waals surface area (Å²) in [5.74, 6) is -1.93. The van der Waals surface area contributed by atoms with E-state index < -0.39 is 24.4 Å². The number of oxime groups is 1. The number of rotatable bonds is 22. The first-order valence-corrected chi connectivity index (χ1v) is 14.4. The number of carboxylic acid groups (broad SMARTS) is 2. The van der Waals surface area contributed by atoms with Crippen LogP contribution in [0.25, 0.3) is 0 Å². The summed E-state index contributed by atoms with van der Waals surface area (Å²) in [7, 11) is 0. The summed E-state index contributed by atoms with van der Waals surface area (Å²) in [4.78, 5) is 29.1. The molecule has 1 atom stereocenters. The van der Waals surface area contributed by atoms with Crippen molar-refractivity contribution in [2.45, 2.75) is 83.6 Å². The van der Waals surface area contributed by atoms with Crippen molar-refractivity contribution in [3.05, 3.63) is 54.6 Å². The van der Waals surface area contributed by atoms with Gasteiger partial charge in [-0.2, -0.15) is 0 Å². The summed E-state index contributed by atoms with van der Waals surface area (Å²) in [5, 5.41) is 26.6. The van der Waals surface area contributed by atoms with E-state index in [1.165, 1.54) is 68.3 Å². The van der Waals surface area contributed by atoms with E-state index in [2.05, 4.69) is 12.1 Å². The van der Waals surface area contributed by atoms with Gasteiger partial charge >= 0.3 is 103 Å². The number of anilines is 2. The molecule has 2 rings (SSSR count). The molecule has 41 heavy (non-hydrogen) atoms. The van der Waals surface area contributed by atoms with Gasteiger partial charge in [0.1, 0.15) is 5.75 Å². The van der Waals surface area contributed by atoms with Gasteiger partial charge in [0.15, 0.2) is 0 Å². The maximum atomic E-state index is 11.8. The second-order valence-corrected chi connectivity index (χ2v) is 9.87. The van der Waals surface area contributed by atoms with E-state index in [0.717, 1.165) is 25.0 Å². The van der Waals surface area contributed by atoms with E-state index in [1.807, 2.05) is 0 Å². The fourth-order valence-electron chi connectivity index (χ4n) is 4.06. The molecule has 0 heterocycles. The summed E-state index contributed by atoms with van der Waals surface area (Å²) >= 11 is 1.18. The maximum Gasteiger partial charge on any atom is 1.00 e. The smallest absolute Gasteiger partial charge is 0.550 e. The summed E-state index contributed by atoms with van der Waals surface area (Å²) in [6.07, 6.45) is 13.0. The molecule has 2 aromatic carbocycles. The van der Waals surface area contributed by atoms with Crippen molar-refractivity contribution in [1.29, 1.82) is 0 Å². The SMILES string of the molecule is CCCCCCCCCCCCSOO/N=C/Oc1cccc(N(c2ccccc2)C(CC(=O)[O-])C(=O)[O-])c1.[K+].[K+]. The average molecular weight is 637 g/mol. The summed E-state index contributed by atoms with van der Waals surface area (Å²) in [5.41, 5.74) is 0.849. The molecule has 0 aliphatic heterocycles. The summed E-state index contributed by atoms with van der Waals surface area (Å²) in [6.45, 7) is 2.24. The van der Waals surface area contributed by atoms with Crippen molar-refractivity contribution >= 4 is 41.8 Å². The number of para-hydroxylation sites is 1. The Morgan fingerprint density at radius 1 is 0.878 bits per heavy atom. The molecule has 0 bridgehead atoms. The van der Waals surface area contributed by atoms with Gasteiger partial charge in [-0.15, -0.1) is 0 Å². The van der Waals surface area contributed by atoms with Crippen LogP contribution in [0.2, 0.25) is 0 Å². The van der Waals surface area contributed by atoms with E-state index in [4.69, 9.17) is 14.1 Å². The van der Waals surface area contributed by atoms with Crippen LogP contribution in [0.4, 0.5) is 11.4 Å². The van der Waals surface area contributed by atoms with Crippen LogP contribution in [0.1, 0.15) is 77.6 Å². The number of benzene rings is 2. The number of hydrogen-bond acceptors (Lipinski definition) is 10. The predicted octanol–water partition coefficient (Wildman–Crippen LogP) is -1.07. The van der Waals surface area contributed by atoms with Crippen molar-refractivity contribution in [2.24, 2.45) is 5.16 Å². The van der Waals surface area contributed by atoms with Crippen molar-refractivity contribution in [3.63, 3.8) is 0 Å². The summed E-state index contributed by atoms with van der Waals surface area (Å²) < 4.78 is 10.4. The van der Waals surface area contributed by atoms with Gasteiger partial charge in [0.2, 0.25) is 6.40 Å². The van der Waals surface area contributed by atoms with E-state index in [9.17, 15) is 19.8 Å². The number of aliphatic carboxylic acids is 2. The van der Waals surface area contributed by atoms with Gasteiger partial charge in [-0.3, -0.25) is 0 Å². The van der Waals surface area contributed by atoms with Crippen LogP contribution in [0.15, 0.2) is 59.8 Å². The van der Waals surface area contributed by atoms with Crippen LogP contribution >= 0.6 is 12.0 Å². The first kappa shape index (κ1) is 41.0. The number of carbonyl (C=O) groups is 2. The molecule has 0 aliphatic rings. The van der Waals surface area contributed by atoms with E-state index in [1.54, 1.807) is 54.6 Å². The van der Waals surface area contributed by atoms with Gasteiger partial charge in [-0.25, -0.2) is 4.99 Å². The van der Waals surface area contributed by atoms with Gasteiger partial charge in [0, 0.05) is 47.6 Å². The average Bonchev–Trinajstić information content (AvgIpc) is 2.93. The van der Waals surface area contributed by atoms with Crippen LogP contribution in [0.5, 0.6) is 5.75 Å². The molecule has 0 saturated carbocycles. The van der Waals surface area contributed by atoms with Crippen molar-refractivity contribution in [2.75, 3.05) is 10.7 Å². The number of carboxylic acids is 2. The van der Waals surface area contributed by atoms with E-state index in [-0.39, 0.29) is 103 Å². The minimum absolute atomic E-state index is 0. The molecule has 0 saturated heterocycles. The van der Waals surface area contributed by atoms with Crippen molar-refractivity contribution in [3.8, 4) is 5.75 Å². The predicted molar refractivity (Wildman–Crippen MR) is 149 cm³/mol. The monoisotopic (exact) mass is 636 g/mol. The first-order valence-electron chi connectivity index (χ1n) is 13.5. The zero-order valence-electron chi connectivity index (χ0n) is 24.5. The van der Waals surface area contributed by atoms with Crippen LogP contribution in [0, 0.1) is 0 Å². The topological polar surface area (TPSA) is 124 Å². The molecular formula is C29H38K2N2O7S. The molecule has 0 radical (unpaired) electrons. The molecule has 2 aromatic rings. The number of unbranched alkanes of at least 4 members (excludes halogenated alkanes) is 9. The number of carbonyl (C=O) groups excluding carboxylic acids is 2. The van der Waals surface area contributed by atoms with Gasteiger partial charge in [-0.1, -0.05) is 93.3 Å². The summed E-state index contributed by atoms with van der Waals surface area (Å²) in [6, 6.07) is 13.5. The van der Waals surface area contributed by atoms with Crippen LogP contribution in [-0.2, 0) is 18.9 Å². The molecule has 0 amide bonds. The first-order chi connectivity index (χ1) is 19.0. The largest absolute Gasteiger partial charge is 1.00 e. The Kier molecular flexibility index (Phi) is 26.5. The van der Waals surface area contributed by atoms with Crippen molar-refractivity contribution in [1.82, 2.24) is 0 Å². The Morgan fingerprint density at radius 3 is 2.10 bits per heavy atom. The quantitative estimate of drug-likeness (QED) is 0.0302. The second-order valence-electron chi connectivity index (χ2n) is 9.09. The van der Waals surface area contributed by atoms with Crippen LogP contribution in [0.3, 0.4) is 0 Å². The van der Waals surface area contributed by atoms with E-state index in [0.29, 0.717) is 17.1 Å². The van der Waals surface area contributed by atoms with E-state index >= 15 is 0 Å². The number of hydrogen-bond donors (Lipinski definition) is 0. The minimum Gasteiger partial charge on any atom is -0.550 e. The van der Waals surface area contributed by atoms with Gasteiger partial charge < -0.3 is 29.4 Å². The standard InChI is InChI=1S/C29H40N2O7S.2K/c1-2-3-4-5-6-7-8-9-10-14-20-39-38-37-30-23-36-26-19-15-18-25(21-26)31(24-16-12-11-13-17-24)27(29(34)35)22-28(32)33;;/h11-13,15-19,21,23,27H,2-10,14,20,22H2,1H3,(H,32,33)(H,34,35);;/q;2*+1/p-2/b30-23+;;. The molecule has 0 aromatic heterocycles. The fraction of sp³-hybridized carbons (Fsp3) is 0.483. The van der Waals surface area contributed by atoms with Gasteiger partial charge in [0.25, 0.3) is 0 Å². The zero-order chi connectivity index (χ0) is 28.1.